The maximum absolute atomic E-state index is 12.5. The fraction of sp³-hybridized carbons (Fsp3) is 0.412. The molecule has 1 aromatic carbocycles. The van der Waals surface area contributed by atoms with Crippen LogP contribution in [0.3, 0.4) is 0 Å². The summed E-state index contributed by atoms with van der Waals surface area (Å²) in [7, 11) is 0. The van der Waals surface area contributed by atoms with Gasteiger partial charge in [-0.1, -0.05) is 0 Å². The van der Waals surface area contributed by atoms with Gasteiger partial charge in [0, 0.05) is 17.8 Å². The van der Waals surface area contributed by atoms with Crippen LogP contribution in [-0.2, 0) is 4.74 Å². The van der Waals surface area contributed by atoms with Crippen molar-refractivity contribution in [3.63, 3.8) is 0 Å². The smallest absolute Gasteiger partial charge is 0.138 e. The molecule has 2 aromatic rings. The molecule has 0 amide bonds. The Balaban J connectivity index is 1.85. The van der Waals surface area contributed by atoms with E-state index in [1.807, 2.05) is 6.92 Å². The molecule has 2 aliphatic rings. The lowest BCUT2D eigenvalue weighted by Gasteiger charge is -2.51. The van der Waals surface area contributed by atoms with Crippen LogP contribution in [-0.4, -0.2) is 43.9 Å². The van der Waals surface area contributed by atoms with Crippen molar-refractivity contribution in [2.45, 2.75) is 38.5 Å². The Kier molecular flexibility index (Phi) is 3.78. The van der Waals surface area contributed by atoms with E-state index in [4.69, 9.17) is 14.1 Å². The molecule has 2 unspecified atom stereocenters. The highest BCUT2D eigenvalue weighted by Crippen LogP contribution is 2.45. The molecule has 2 aliphatic heterocycles. The maximum Gasteiger partial charge on any atom is 0.138 e. The van der Waals surface area contributed by atoms with Crippen molar-refractivity contribution in [3.8, 4) is 5.75 Å². The number of aliphatic hydroxyl groups excluding tert-OH is 1. The van der Waals surface area contributed by atoms with E-state index in [-0.39, 0.29) is 0 Å². The Bertz CT molecular complexity index is 890. The number of hydrogen-bond donors (Lipinski definition) is 1. The van der Waals surface area contributed by atoms with Crippen molar-refractivity contribution in [2.75, 3.05) is 6.61 Å². The van der Waals surface area contributed by atoms with Crippen molar-refractivity contribution in [1.29, 1.82) is 0 Å². The zero-order chi connectivity index (χ0) is 18.5. The van der Waals surface area contributed by atoms with Gasteiger partial charge in [-0.3, -0.25) is 5.01 Å². The largest absolute Gasteiger partial charge is 0.739 e. The van der Waals surface area contributed by atoms with Crippen molar-refractivity contribution in [2.24, 2.45) is 0 Å². The van der Waals surface area contributed by atoms with Gasteiger partial charge in [-0.05, 0) is 43.2 Å². The van der Waals surface area contributed by atoms with E-state index in [1.54, 1.807) is 38.3 Å². The Labute approximate surface area is 149 Å². The molecule has 26 heavy (non-hydrogen) atoms. The number of aliphatic hydroxyl groups is 1. The summed E-state index contributed by atoms with van der Waals surface area (Å²) in [5.74, 6) is 1.05. The van der Waals surface area contributed by atoms with E-state index < -0.39 is 17.7 Å². The molecule has 138 valence electrons. The highest BCUT2D eigenvalue weighted by atomic mass is 16.6. The lowest BCUT2D eigenvalue weighted by Crippen LogP contribution is -2.54. The zero-order valence-corrected chi connectivity index (χ0v) is 14.6. The summed E-state index contributed by atoms with van der Waals surface area (Å²) in [6.07, 6.45) is 3.50. The average Bonchev–Trinajstić information content (AvgIpc) is 3.04. The van der Waals surface area contributed by atoms with Gasteiger partial charge in [0.05, 0.1) is 12.8 Å². The van der Waals surface area contributed by atoms with Gasteiger partial charge < -0.3 is 25.0 Å². The Morgan fingerprint density at radius 3 is 2.77 bits per heavy atom. The van der Waals surface area contributed by atoms with Crippen molar-refractivity contribution in [3.05, 3.63) is 47.1 Å². The molecule has 0 radical (unpaired) electrons. The van der Waals surface area contributed by atoms with Crippen LogP contribution in [0.15, 0.2) is 41.0 Å². The first-order chi connectivity index (χ1) is 12.4. The number of aromatic nitrogens is 2. The Morgan fingerprint density at radius 2 is 2.04 bits per heavy atom. The molecule has 0 spiro atoms. The summed E-state index contributed by atoms with van der Waals surface area (Å²) in [5.41, 5.74) is 0.744. The van der Waals surface area contributed by atoms with Crippen LogP contribution in [0.25, 0.3) is 11.0 Å². The van der Waals surface area contributed by atoms with Gasteiger partial charge in [-0.2, -0.15) is 0 Å². The summed E-state index contributed by atoms with van der Waals surface area (Å²) in [5, 5.41) is 33.2. The Hall–Kier alpha value is -2.78. The average molecular weight is 359 g/mol. The number of hydrazine groups is 1. The fourth-order valence-corrected chi connectivity index (χ4v) is 3.23. The number of ether oxygens (including phenoxy) is 2. The predicted molar refractivity (Wildman–Crippen MR) is 91.2 cm³/mol. The van der Waals surface area contributed by atoms with Gasteiger partial charge in [0.15, 0.2) is 0 Å². The molecule has 0 fully saturated rings. The summed E-state index contributed by atoms with van der Waals surface area (Å²) >= 11 is 0. The van der Waals surface area contributed by atoms with Crippen molar-refractivity contribution >= 4 is 11.0 Å². The molecule has 9 heteroatoms. The molecular formula is C17H19N4O5-. The molecule has 0 bridgehead atoms. The molecule has 2 atom stereocenters. The van der Waals surface area contributed by atoms with Crippen molar-refractivity contribution < 1.29 is 19.2 Å². The first-order valence-electron chi connectivity index (χ1n) is 8.31. The van der Waals surface area contributed by atoms with Crippen LogP contribution in [0, 0.1) is 5.21 Å². The third-order valence-corrected chi connectivity index (χ3v) is 4.54. The van der Waals surface area contributed by atoms with E-state index in [0.29, 0.717) is 39.9 Å². The minimum absolute atomic E-state index is 0.465. The van der Waals surface area contributed by atoms with Gasteiger partial charge in [0.25, 0.3) is 0 Å². The molecule has 0 aliphatic carbocycles. The molecule has 3 heterocycles. The molecule has 1 N–H and O–H groups in total. The van der Waals surface area contributed by atoms with E-state index in [0.717, 1.165) is 0 Å². The standard InChI is InChI=1S/C17H19N4O5/c1-4-24-10-5-6-21(23)20(9-10)15-11-7-12-13(19-26-18-12)8-14(11)25-17(2,3)16(15)22/h5-9,15-16,22H,4H2,1-3H3/q-1. The number of allylic oxidation sites excluding steroid dienone is 1. The lowest BCUT2D eigenvalue weighted by atomic mass is 9.86. The first kappa shape index (κ1) is 16.7. The SMILES string of the molecule is CCOC1=CN(C2c3cc4nonc4cc3OC(C)(C)C2O)N([O-])C=C1. The highest BCUT2D eigenvalue weighted by molar-refractivity contribution is 5.77. The van der Waals surface area contributed by atoms with E-state index in [1.165, 1.54) is 11.2 Å². The Morgan fingerprint density at radius 1 is 1.31 bits per heavy atom. The normalized spacial score (nSPS) is 24.3. The zero-order valence-electron chi connectivity index (χ0n) is 14.6. The van der Waals surface area contributed by atoms with Crippen LogP contribution in [0.4, 0.5) is 0 Å². The summed E-state index contributed by atoms with van der Waals surface area (Å²) in [6.45, 7) is 5.85. The molecular weight excluding hydrogens is 340 g/mol. The van der Waals surface area contributed by atoms with Crippen LogP contribution in [0.1, 0.15) is 32.4 Å². The minimum atomic E-state index is -0.991. The molecule has 0 saturated carbocycles. The van der Waals surface area contributed by atoms with Crippen LogP contribution >= 0.6 is 0 Å². The van der Waals surface area contributed by atoms with E-state index in [2.05, 4.69) is 10.3 Å². The number of nitrogens with zero attached hydrogens (tertiary/aromatic N) is 4. The fourth-order valence-electron chi connectivity index (χ4n) is 3.23. The van der Waals surface area contributed by atoms with Gasteiger partial charge >= 0.3 is 0 Å². The minimum Gasteiger partial charge on any atom is -0.739 e. The topological polar surface area (TPSA) is 107 Å². The quantitative estimate of drug-likeness (QED) is 0.882. The number of benzene rings is 1. The third-order valence-electron chi connectivity index (χ3n) is 4.54. The molecule has 1 aromatic heterocycles. The number of hydroxylamine groups is 1. The van der Waals surface area contributed by atoms with Crippen LogP contribution in [0.5, 0.6) is 5.75 Å². The monoisotopic (exact) mass is 359 g/mol. The van der Waals surface area contributed by atoms with E-state index in [9.17, 15) is 10.3 Å². The van der Waals surface area contributed by atoms with E-state index >= 15 is 0 Å². The molecule has 9 nitrogen and oxygen atoms in total. The number of rotatable bonds is 3. The summed E-state index contributed by atoms with van der Waals surface area (Å²) in [4.78, 5) is 0. The van der Waals surface area contributed by atoms with Crippen molar-refractivity contribution in [1.82, 2.24) is 20.5 Å². The second kappa shape index (κ2) is 5.89. The lowest BCUT2D eigenvalue weighted by molar-refractivity contribution is -0.113. The maximum atomic E-state index is 12.5. The second-order valence-corrected chi connectivity index (χ2v) is 6.70. The molecule has 0 saturated heterocycles. The van der Waals surface area contributed by atoms with Gasteiger partial charge in [0.1, 0.15) is 40.3 Å². The van der Waals surface area contributed by atoms with Gasteiger partial charge in [-0.25, -0.2) is 4.63 Å². The van der Waals surface area contributed by atoms with Gasteiger partial charge in [-0.15, -0.1) is 0 Å². The third kappa shape index (κ3) is 2.56. The van der Waals surface area contributed by atoms with Crippen LogP contribution < -0.4 is 4.74 Å². The number of hydrogen-bond acceptors (Lipinski definition) is 9. The predicted octanol–water partition coefficient (Wildman–Crippen LogP) is 2.22. The van der Waals surface area contributed by atoms with Gasteiger partial charge in [0.2, 0.25) is 0 Å². The van der Waals surface area contributed by atoms with Crippen LogP contribution in [0.2, 0.25) is 0 Å². The first-order valence-corrected chi connectivity index (χ1v) is 8.31. The second-order valence-electron chi connectivity index (χ2n) is 6.70. The molecule has 4 rings (SSSR count). The highest BCUT2D eigenvalue weighted by Gasteiger charge is 2.46. The summed E-state index contributed by atoms with van der Waals surface area (Å²) in [6, 6.07) is 2.71. The number of fused-ring (bicyclic) bond motifs is 2. The summed E-state index contributed by atoms with van der Waals surface area (Å²) < 4.78 is 16.2.